The minimum atomic E-state index is -0.466. The van der Waals surface area contributed by atoms with Crippen LogP contribution in [0.5, 0.6) is 5.75 Å². The van der Waals surface area contributed by atoms with Crippen LogP contribution in [0.1, 0.15) is 27.2 Å². The van der Waals surface area contributed by atoms with Crippen molar-refractivity contribution in [1.29, 1.82) is 0 Å². The Labute approximate surface area is 100 Å². The molecule has 0 aliphatic heterocycles. The van der Waals surface area contributed by atoms with Gasteiger partial charge in [0.25, 0.3) is 0 Å². The van der Waals surface area contributed by atoms with Crippen LogP contribution in [0.2, 0.25) is 0 Å². The number of carbonyl (C=O) groups excluding carboxylic acids is 1. The summed E-state index contributed by atoms with van der Waals surface area (Å²) < 4.78 is 10.4. The molecule has 0 radical (unpaired) electrons. The van der Waals surface area contributed by atoms with Crippen molar-refractivity contribution in [2.24, 2.45) is 0 Å². The fourth-order valence-electron chi connectivity index (χ4n) is 1.62. The maximum absolute atomic E-state index is 11.8. The van der Waals surface area contributed by atoms with Gasteiger partial charge in [-0.15, -0.1) is 0 Å². The van der Waals surface area contributed by atoms with E-state index in [1.54, 1.807) is 12.1 Å². The third-order valence-corrected chi connectivity index (χ3v) is 2.79. The van der Waals surface area contributed by atoms with Crippen LogP contribution >= 0.6 is 0 Å². The molecule has 17 heavy (non-hydrogen) atoms. The highest BCUT2D eigenvalue weighted by Crippen LogP contribution is 2.26. The van der Waals surface area contributed by atoms with Gasteiger partial charge in [-0.05, 0) is 49.6 Å². The summed E-state index contributed by atoms with van der Waals surface area (Å²) in [5, 5.41) is 0. The van der Waals surface area contributed by atoms with E-state index in [0.29, 0.717) is 5.75 Å². The number of benzene rings is 1. The predicted octanol–water partition coefficient (Wildman–Crippen LogP) is 3.42. The Kier molecular flexibility index (Phi) is 3.00. The summed E-state index contributed by atoms with van der Waals surface area (Å²) in [5.74, 6) is 0.364. The maximum atomic E-state index is 11.8. The molecule has 0 saturated carbocycles. The number of carbonyl (C=O) groups is 1. The Balaban J connectivity index is 2.31. The number of aryl methyl sites for hydroxylation is 2. The molecule has 0 amide bonds. The molecule has 3 heteroatoms. The van der Waals surface area contributed by atoms with Gasteiger partial charge in [0, 0.05) is 0 Å². The molecule has 2 aromatic rings. The predicted molar refractivity (Wildman–Crippen MR) is 64.3 cm³/mol. The Bertz CT molecular complexity index is 539. The Morgan fingerprint density at radius 3 is 2.47 bits per heavy atom. The van der Waals surface area contributed by atoms with E-state index in [-0.39, 0.29) is 5.76 Å². The minimum Gasteiger partial charge on any atom is -0.457 e. The van der Waals surface area contributed by atoms with Crippen LogP contribution in [0.15, 0.2) is 34.9 Å². The molecule has 0 bridgehead atoms. The van der Waals surface area contributed by atoms with Gasteiger partial charge >= 0.3 is 5.97 Å². The fraction of sp³-hybridized carbons (Fsp3) is 0.214. The van der Waals surface area contributed by atoms with E-state index in [9.17, 15) is 4.79 Å². The van der Waals surface area contributed by atoms with E-state index in [1.807, 2.05) is 32.9 Å². The number of hydrogen-bond acceptors (Lipinski definition) is 3. The smallest absolute Gasteiger partial charge is 0.379 e. The molecular weight excluding hydrogens is 216 g/mol. The van der Waals surface area contributed by atoms with Crippen LogP contribution in [0, 0.1) is 20.8 Å². The Hall–Kier alpha value is -2.03. The highest BCUT2D eigenvalue weighted by Gasteiger charge is 2.15. The largest absolute Gasteiger partial charge is 0.457 e. The third kappa shape index (κ3) is 2.23. The molecule has 0 unspecified atom stereocenters. The molecule has 3 nitrogen and oxygen atoms in total. The van der Waals surface area contributed by atoms with Gasteiger partial charge in [0.15, 0.2) is 0 Å². The molecule has 0 saturated heterocycles. The van der Waals surface area contributed by atoms with Crippen molar-refractivity contribution in [2.45, 2.75) is 20.8 Å². The second kappa shape index (κ2) is 4.45. The molecule has 1 aromatic carbocycles. The van der Waals surface area contributed by atoms with Gasteiger partial charge in [0.2, 0.25) is 5.76 Å². The summed E-state index contributed by atoms with van der Waals surface area (Å²) in [5.41, 5.74) is 3.01. The highest BCUT2D eigenvalue weighted by atomic mass is 16.5. The quantitative estimate of drug-likeness (QED) is 0.586. The number of rotatable bonds is 2. The summed E-state index contributed by atoms with van der Waals surface area (Å²) in [6, 6.07) is 7.19. The van der Waals surface area contributed by atoms with Crippen LogP contribution in [-0.4, -0.2) is 5.97 Å². The zero-order chi connectivity index (χ0) is 12.4. The highest BCUT2D eigenvalue weighted by molar-refractivity contribution is 5.88. The lowest BCUT2D eigenvalue weighted by Crippen LogP contribution is -2.09. The summed E-state index contributed by atoms with van der Waals surface area (Å²) in [7, 11) is 0. The first-order valence-electron chi connectivity index (χ1n) is 5.42. The molecule has 1 heterocycles. The number of ether oxygens (including phenoxy) is 1. The SMILES string of the molecule is Cc1ccc(C)c(OC(=O)c2ccco2)c1C. The second-order valence-electron chi connectivity index (χ2n) is 4.02. The average Bonchev–Trinajstić information content (AvgIpc) is 2.83. The van der Waals surface area contributed by atoms with E-state index in [4.69, 9.17) is 9.15 Å². The van der Waals surface area contributed by atoms with Gasteiger partial charge in [0.05, 0.1) is 6.26 Å². The standard InChI is InChI=1S/C14H14O3/c1-9-6-7-10(2)13(11(9)3)17-14(15)12-5-4-8-16-12/h4-8H,1-3H3. The monoisotopic (exact) mass is 230 g/mol. The number of hydrogen-bond donors (Lipinski definition) is 0. The molecule has 0 spiro atoms. The number of esters is 1. The lowest BCUT2D eigenvalue weighted by molar-refractivity contribution is 0.0699. The van der Waals surface area contributed by atoms with Gasteiger partial charge in [-0.1, -0.05) is 12.1 Å². The van der Waals surface area contributed by atoms with Crippen molar-refractivity contribution >= 4 is 5.97 Å². The van der Waals surface area contributed by atoms with Crippen molar-refractivity contribution in [1.82, 2.24) is 0 Å². The van der Waals surface area contributed by atoms with Crippen LogP contribution < -0.4 is 4.74 Å². The van der Waals surface area contributed by atoms with Crippen LogP contribution in [0.3, 0.4) is 0 Å². The van der Waals surface area contributed by atoms with E-state index in [0.717, 1.165) is 16.7 Å². The van der Waals surface area contributed by atoms with Gasteiger partial charge in [-0.2, -0.15) is 0 Å². The van der Waals surface area contributed by atoms with Crippen molar-refractivity contribution in [3.05, 3.63) is 53.0 Å². The zero-order valence-electron chi connectivity index (χ0n) is 10.1. The molecular formula is C14H14O3. The average molecular weight is 230 g/mol. The topological polar surface area (TPSA) is 39.4 Å². The van der Waals surface area contributed by atoms with Crippen molar-refractivity contribution in [2.75, 3.05) is 0 Å². The van der Waals surface area contributed by atoms with E-state index in [2.05, 4.69) is 0 Å². The summed E-state index contributed by atoms with van der Waals surface area (Å²) in [4.78, 5) is 11.8. The van der Waals surface area contributed by atoms with Crippen LogP contribution in [0.25, 0.3) is 0 Å². The fourth-order valence-corrected chi connectivity index (χ4v) is 1.62. The molecule has 1 aromatic heterocycles. The lowest BCUT2D eigenvalue weighted by atomic mass is 10.1. The Morgan fingerprint density at radius 2 is 1.82 bits per heavy atom. The van der Waals surface area contributed by atoms with Crippen molar-refractivity contribution < 1.29 is 13.9 Å². The minimum absolute atomic E-state index is 0.213. The summed E-state index contributed by atoms with van der Waals surface area (Å²) >= 11 is 0. The third-order valence-electron chi connectivity index (χ3n) is 2.79. The van der Waals surface area contributed by atoms with Gasteiger partial charge in [-0.25, -0.2) is 4.79 Å². The molecule has 0 aliphatic carbocycles. The maximum Gasteiger partial charge on any atom is 0.379 e. The second-order valence-corrected chi connectivity index (χ2v) is 4.02. The molecule has 0 aliphatic rings. The first-order valence-corrected chi connectivity index (χ1v) is 5.42. The normalized spacial score (nSPS) is 10.3. The van der Waals surface area contributed by atoms with Gasteiger partial charge < -0.3 is 9.15 Å². The van der Waals surface area contributed by atoms with E-state index >= 15 is 0 Å². The molecule has 0 fully saturated rings. The zero-order valence-corrected chi connectivity index (χ0v) is 10.1. The molecule has 0 atom stereocenters. The first-order chi connectivity index (χ1) is 8.09. The summed E-state index contributed by atoms with van der Waals surface area (Å²) in [6.07, 6.45) is 1.45. The van der Waals surface area contributed by atoms with Crippen LogP contribution in [0.4, 0.5) is 0 Å². The molecule has 88 valence electrons. The molecule has 2 rings (SSSR count). The van der Waals surface area contributed by atoms with E-state index in [1.165, 1.54) is 6.26 Å². The van der Waals surface area contributed by atoms with Crippen molar-refractivity contribution in [3.63, 3.8) is 0 Å². The van der Waals surface area contributed by atoms with Gasteiger partial charge in [-0.3, -0.25) is 0 Å². The number of furan rings is 1. The van der Waals surface area contributed by atoms with Crippen molar-refractivity contribution in [3.8, 4) is 5.75 Å². The van der Waals surface area contributed by atoms with Crippen LogP contribution in [-0.2, 0) is 0 Å². The summed E-state index contributed by atoms with van der Waals surface area (Å²) in [6.45, 7) is 5.84. The van der Waals surface area contributed by atoms with E-state index < -0.39 is 5.97 Å². The molecule has 0 N–H and O–H groups in total. The lowest BCUT2D eigenvalue weighted by Gasteiger charge is -2.11. The Morgan fingerprint density at radius 1 is 1.12 bits per heavy atom. The first kappa shape index (κ1) is 11.5. The van der Waals surface area contributed by atoms with Gasteiger partial charge in [0.1, 0.15) is 5.75 Å².